The summed E-state index contributed by atoms with van der Waals surface area (Å²) in [6.45, 7) is 0. The van der Waals surface area contributed by atoms with Crippen molar-refractivity contribution in [1.82, 2.24) is 9.13 Å². The minimum atomic E-state index is 0.246. The van der Waals surface area contributed by atoms with E-state index in [9.17, 15) is 0 Å². The molecule has 10 rings (SSSR count). The van der Waals surface area contributed by atoms with Crippen molar-refractivity contribution < 1.29 is 0 Å². The zero-order valence-electron chi connectivity index (χ0n) is 34.4. The lowest BCUT2D eigenvalue weighted by atomic mass is 9.70. The second-order valence-corrected chi connectivity index (χ2v) is 16.1. The first kappa shape index (κ1) is 42.2. The number of hydrogen-bond donors (Lipinski definition) is 0. The summed E-state index contributed by atoms with van der Waals surface area (Å²) in [6, 6.07) is 32.8. The van der Waals surface area contributed by atoms with Crippen LogP contribution in [0.25, 0.3) is 88.4 Å². The van der Waals surface area contributed by atoms with Crippen molar-refractivity contribution in [1.29, 1.82) is 0 Å². The van der Waals surface area contributed by atoms with Crippen molar-refractivity contribution in [2.45, 2.75) is 0 Å². The number of benzene rings is 8. The van der Waals surface area contributed by atoms with E-state index in [0.717, 1.165) is 22.3 Å². The van der Waals surface area contributed by atoms with Gasteiger partial charge >= 0.3 is 0 Å². The second kappa shape index (κ2) is 15.5. The molecule has 16 heteroatoms. The lowest BCUT2D eigenvalue weighted by Gasteiger charge is -2.20. The summed E-state index contributed by atoms with van der Waals surface area (Å²) in [4.78, 5) is 0. The van der Waals surface area contributed by atoms with E-state index in [1.807, 2.05) is 94.1 Å². The molecule has 0 amide bonds. The van der Waals surface area contributed by atoms with Crippen molar-refractivity contribution in [3.05, 3.63) is 109 Å². The first-order valence-electron chi connectivity index (χ1n) is 20.1. The average molecular weight is 774 g/mol. The van der Waals surface area contributed by atoms with Crippen molar-refractivity contribution in [2.24, 2.45) is 0 Å². The Morgan fingerprint density at radius 1 is 0.281 bits per heavy atom. The molecule has 0 spiro atoms. The van der Waals surface area contributed by atoms with E-state index in [2.05, 4.69) is 0 Å². The van der Waals surface area contributed by atoms with E-state index in [1.54, 1.807) is 24.3 Å². The van der Waals surface area contributed by atoms with Gasteiger partial charge in [0.15, 0.2) is 0 Å². The lowest BCUT2D eigenvalue weighted by Crippen LogP contribution is -2.32. The largest absolute Gasteiger partial charge is 0.311 e. The van der Waals surface area contributed by atoms with Crippen LogP contribution in [0.4, 0.5) is 0 Å². The number of rotatable bonds is 5. The van der Waals surface area contributed by atoms with Crippen LogP contribution in [0.5, 0.6) is 0 Å². The zero-order valence-corrected chi connectivity index (χ0v) is 34.4. The summed E-state index contributed by atoms with van der Waals surface area (Å²) in [5, 5.41) is 1.94. The third-order valence-electron chi connectivity index (χ3n) is 12.3. The molecule has 64 heavy (non-hydrogen) atoms. The SMILES string of the molecule is [B]c1ccc(-c2cc(-n3c4c([B])cc([B])c([B])c4c4c([B])c(-c5cc([B])c6c(c5[B])c5c([B])c([B])cc([B])c5n6-c5cccc(-c6ccc([B])cc6)c5[B])cc([B])c43)ccc2[B])cc1. The van der Waals surface area contributed by atoms with Crippen molar-refractivity contribution in [3.63, 3.8) is 0 Å². The molecule has 2 aromatic heterocycles. The van der Waals surface area contributed by atoms with Gasteiger partial charge < -0.3 is 9.13 Å². The molecule has 10 aromatic rings. The smallest absolute Gasteiger partial charge is 0.117 e. The summed E-state index contributed by atoms with van der Waals surface area (Å²) in [6.07, 6.45) is 0. The predicted octanol–water partition coefficient (Wildman–Crippen LogP) is -4.00. The maximum Gasteiger partial charge on any atom is 0.117 e. The fourth-order valence-electron chi connectivity index (χ4n) is 9.28. The molecule has 262 valence electrons. The normalized spacial score (nSPS) is 11.7. The van der Waals surface area contributed by atoms with Crippen LogP contribution in [0.1, 0.15) is 0 Å². The number of aromatic nitrogens is 2. The van der Waals surface area contributed by atoms with Crippen molar-refractivity contribution in [2.75, 3.05) is 0 Å². The summed E-state index contributed by atoms with van der Waals surface area (Å²) < 4.78 is 3.78. The highest BCUT2D eigenvalue weighted by molar-refractivity contribution is 6.63. The fourth-order valence-corrected chi connectivity index (χ4v) is 9.28. The molecule has 8 aromatic carbocycles. The third-order valence-corrected chi connectivity index (χ3v) is 12.3. The average Bonchev–Trinajstić information content (AvgIpc) is 3.83. The molecule has 0 unspecified atom stereocenters. The maximum atomic E-state index is 7.33. The fraction of sp³-hybridized carbons (Fsp3) is 0. The molecule has 2 heterocycles. The topological polar surface area (TPSA) is 9.86 Å². The molecular formula is C48H18B14N2. The van der Waals surface area contributed by atoms with Gasteiger partial charge in [-0.1, -0.05) is 157 Å². The van der Waals surface area contributed by atoms with Crippen LogP contribution in [0.2, 0.25) is 0 Å². The van der Waals surface area contributed by atoms with Crippen LogP contribution >= 0.6 is 0 Å². The first-order valence-corrected chi connectivity index (χ1v) is 20.1. The Bertz CT molecular complexity index is 3650. The van der Waals surface area contributed by atoms with Gasteiger partial charge in [0.1, 0.15) is 110 Å². The third kappa shape index (κ3) is 6.29. The Balaban J connectivity index is 1.28. The Morgan fingerprint density at radius 2 is 0.703 bits per heavy atom. The van der Waals surface area contributed by atoms with Gasteiger partial charge in [0, 0.05) is 44.2 Å². The molecular weight excluding hydrogens is 756 g/mol. The van der Waals surface area contributed by atoms with Crippen molar-refractivity contribution >= 4 is 230 Å². The highest BCUT2D eigenvalue weighted by Crippen LogP contribution is 2.34. The van der Waals surface area contributed by atoms with Gasteiger partial charge in [-0.05, 0) is 62.4 Å². The zero-order chi connectivity index (χ0) is 45.2. The Kier molecular flexibility index (Phi) is 10.2. The van der Waals surface area contributed by atoms with Gasteiger partial charge in [-0.25, -0.2) is 0 Å². The summed E-state index contributed by atoms with van der Waals surface area (Å²) in [5.74, 6) is 0. The maximum absolute atomic E-state index is 7.33. The predicted molar refractivity (Wildman–Crippen MR) is 287 cm³/mol. The lowest BCUT2D eigenvalue weighted by molar-refractivity contribution is 1.19. The van der Waals surface area contributed by atoms with Gasteiger partial charge in [-0.15, -0.1) is 10.9 Å². The number of nitrogens with zero attached hydrogens (tertiary/aromatic N) is 2. The molecule has 0 saturated carbocycles. The molecule has 28 radical (unpaired) electrons. The van der Waals surface area contributed by atoms with E-state index < -0.39 is 0 Å². The van der Waals surface area contributed by atoms with Crippen LogP contribution in [0, 0.1) is 0 Å². The minimum Gasteiger partial charge on any atom is -0.311 e. The van der Waals surface area contributed by atoms with Crippen LogP contribution in [0.3, 0.4) is 0 Å². The summed E-state index contributed by atoms with van der Waals surface area (Å²) >= 11 is 0. The van der Waals surface area contributed by atoms with Gasteiger partial charge in [-0.2, -0.15) is 0 Å². The molecule has 0 aliphatic heterocycles. The second-order valence-electron chi connectivity index (χ2n) is 16.1. The summed E-state index contributed by atoms with van der Waals surface area (Å²) in [5.41, 5.74) is 12.5. The molecule has 0 aliphatic carbocycles. The van der Waals surface area contributed by atoms with E-state index in [4.69, 9.17) is 110 Å². The molecule has 0 aliphatic rings. The summed E-state index contributed by atoms with van der Waals surface area (Å²) in [7, 11) is 94.9. The minimum absolute atomic E-state index is 0.246. The van der Waals surface area contributed by atoms with E-state index in [1.165, 1.54) is 0 Å². The van der Waals surface area contributed by atoms with Gasteiger partial charge in [-0.3, -0.25) is 0 Å². The quantitative estimate of drug-likeness (QED) is 0.158. The highest BCUT2D eigenvalue weighted by atomic mass is 15.0. The van der Waals surface area contributed by atoms with Gasteiger partial charge in [0.2, 0.25) is 0 Å². The van der Waals surface area contributed by atoms with Crippen LogP contribution in [-0.4, -0.2) is 119 Å². The van der Waals surface area contributed by atoms with E-state index >= 15 is 0 Å². The first-order chi connectivity index (χ1) is 30.6. The van der Waals surface area contributed by atoms with E-state index in [0.29, 0.717) is 110 Å². The monoisotopic (exact) mass is 776 g/mol. The molecule has 0 bridgehead atoms. The Hall–Kier alpha value is -5.73. The molecule has 0 fully saturated rings. The van der Waals surface area contributed by atoms with Crippen LogP contribution in [-0.2, 0) is 0 Å². The molecule has 0 atom stereocenters. The van der Waals surface area contributed by atoms with E-state index in [-0.39, 0.29) is 32.8 Å². The molecule has 0 N–H and O–H groups in total. The molecule has 2 nitrogen and oxygen atoms in total. The Morgan fingerprint density at radius 3 is 1.19 bits per heavy atom. The number of fused-ring (bicyclic) bond motifs is 6. The van der Waals surface area contributed by atoms with Gasteiger partial charge in [0.25, 0.3) is 0 Å². The van der Waals surface area contributed by atoms with Crippen LogP contribution < -0.4 is 76.5 Å². The van der Waals surface area contributed by atoms with Gasteiger partial charge in [0.05, 0.1) is 0 Å². The standard InChI is InChI=1S/C48H18B14N2/c49-21-8-4-19(5-9-21)24-2-1-3-35(40(24)58)64-47-32(55)16-27(42(60)37(47)39-44(62)30(53)18-34(57)48(39)64)26-15-31(54)45-36(41(26)59)38-43(61)29(52)17-33(56)46(38)63(45)23-12-13-28(51)25(14-23)20-6-10-22(50)11-7-20/h1-18H. The number of hydrogen-bond acceptors (Lipinski definition) is 0. The molecule has 0 saturated heterocycles. The van der Waals surface area contributed by atoms with Crippen molar-refractivity contribution in [3.8, 4) is 44.8 Å². The Labute approximate surface area is 390 Å². The highest BCUT2D eigenvalue weighted by Gasteiger charge is 2.26. The van der Waals surface area contributed by atoms with Crippen LogP contribution in [0.15, 0.2) is 109 Å².